The molecule has 25 heavy (non-hydrogen) atoms. The van der Waals surface area contributed by atoms with E-state index in [1.54, 1.807) is 0 Å². The molecule has 0 atom stereocenters. The van der Waals surface area contributed by atoms with Crippen LogP contribution in [0.1, 0.15) is 16.8 Å². The van der Waals surface area contributed by atoms with Gasteiger partial charge in [0.2, 0.25) is 0 Å². The zero-order chi connectivity index (χ0) is 17.8. The summed E-state index contributed by atoms with van der Waals surface area (Å²) in [5, 5.41) is 9.86. The van der Waals surface area contributed by atoms with Crippen molar-refractivity contribution < 1.29 is 14.6 Å². The third-order valence-corrected chi connectivity index (χ3v) is 4.37. The topological polar surface area (TPSA) is 77.5 Å². The number of carboxylic acid groups (broad SMARTS) is 1. The molecular formula is C20H22N2O3. The van der Waals surface area contributed by atoms with Crippen LogP contribution in [0.25, 0.3) is 10.9 Å². The minimum Gasteiger partial charge on any atom is -0.482 e. The number of hydrogen-bond donors (Lipinski definition) is 2. The molecule has 5 nitrogen and oxygen atoms in total. The minimum absolute atomic E-state index is 0.346. The molecule has 0 saturated heterocycles. The Morgan fingerprint density at radius 2 is 1.96 bits per heavy atom. The molecule has 0 aliphatic carbocycles. The van der Waals surface area contributed by atoms with Gasteiger partial charge in [0.25, 0.3) is 0 Å². The van der Waals surface area contributed by atoms with Crippen LogP contribution < -0.4 is 10.5 Å². The quantitative estimate of drug-likeness (QED) is 0.694. The van der Waals surface area contributed by atoms with E-state index < -0.39 is 5.97 Å². The van der Waals surface area contributed by atoms with Gasteiger partial charge in [0, 0.05) is 23.1 Å². The summed E-state index contributed by atoms with van der Waals surface area (Å²) >= 11 is 0. The lowest BCUT2D eigenvalue weighted by atomic mass is 10.1. The number of carbonyl (C=O) groups is 1. The van der Waals surface area contributed by atoms with Crippen molar-refractivity contribution in [2.45, 2.75) is 19.9 Å². The smallest absolute Gasteiger partial charge is 0.341 e. The zero-order valence-electron chi connectivity index (χ0n) is 14.2. The highest BCUT2D eigenvalue weighted by atomic mass is 16.5. The lowest BCUT2D eigenvalue weighted by molar-refractivity contribution is -0.139. The maximum Gasteiger partial charge on any atom is 0.341 e. The van der Waals surface area contributed by atoms with Crippen LogP contribution in [0.3, 0.4) is 0 Å². The van der Waals surface area contributed by atoms with Crippen molar-refractivity contribution in [2.75, 3.05) is 13.2 Å². The van der Waals surface area contributed by atoms with Gasteiger partial charge in [-0.2, -0.15) is 0 Å². The highest BCUT2D eigenvalue weighted by Crippen LogP contribution is 2.30. The van der Waals surface area contributed by atoms with Crippen LogP contribution in [0.5, 0.6) is 5.75 Å². The zero-order valence-corrected chi connectivity index (χ0v) is 14.2. The van der Waals surface area contributed by atoms with E-state index in [0.717, 1.165) is 23.9 Å². The second-order valence-corrected chi connectivity index (χ2v) is 6.04. The normalized spacial score (nSPS) is 11.0. The van der Waals surface area contributed by atoms with E-state index in [1.165, 1.54) is 16.8 Å². The van der Waals surface area contributed by atoms with Crippen LogP contribution in [-0.2, 0) is 17.8 Å². The second kappa shape index (κ2) is 7.40. The van der Waals surface area contributed by atoms with E-state index >= 15 is 0 Å². The third-order valence-electron chi connectivity index (χ3n) is 4.37. The average molecular weight is 338 g/mol. The number of benzene rings is 2. The first-order valence-electron chi connectivity index (χ1n) is 8.30. The molecule has 0 aliphatic heterocycles. The number of nitrogens with two attached hydrogens (primary N) is 1. The molecule has 3 aromatic rings. The Morgan fingerprint density at radius 3 is 2.64 bits per heavy atom. The fraction of sp³-hybridized carbons (Fsp3) is 0.250. The van der Waals surface area contributed by atoms with Gasteiger partial charge in [-0.05, 0) is 49.2 Å². The van der Waals surface area contributed by atoms with Crippen LogP contribution in [-0.4, -0.2) is 28.8 Å². The number of aromatic nitrogens is 1. The Bertz CT molecular complexity index is 885. The number of hydrogen-bond acceptors (Lipinski definition) is 3. The molecule has 0 spiro atoms. The number of aliphatic carboxylic acids is 1. The molecule has 1 aromatic heterocycles. The molecule has 5 heteroatoms. The van der Waals surface area contributed by atoms with E-state index in [9.17, 15) is 4.79 Å². The molecule has 0 unspecified atom stereocenters. The van der Waals surface area contributed by atoms with Crippen LogP contribution in [0.15, 0.2) is 48.5 Å². The number of fused-ring (bicyclic) bond motifs is 1. The lowest BCUT2D eigenvalue weighted by Crippen LogP contribution is -2.09. The molecule has 3 N–H and O–H groups in total. The number of rotatable bonds is 7. The second-order valence-electron chi connectivity index (χ2n) is 6.04. The van der Waals surface area contributed by atoms with Gasteiger partial charge in [-0.1, -0.05) is 30.3 Å². The van der Waals surface area contributed by atoms with E-state index in [2.05, 4.69) is 23.6 Å². The van der Waals surface area contributed by atoms with Crippen molar-refractivity contribution in [3.8, 4) is 5.75 Å². The van der Waals surface area contributed by atoms with Crippen molar-refractivity contribution in [1.29, 1.82) is 0 Å². The highest BCUT2D eigenvalue weighted by Gasteiger charge is 2.15. The van der Waals surface area contributed by atoms with Gasteiger partial charge in [-0.25, -0.2) is 4.79 Å². The van der Waals surface area contributed by atoms with E-state index in [0.29, 0.717) is 12.3 Å². The van der Waals surface area contributed by atoms with Gasteiger partial charge in [0.05, 0.1) is 0 Å². The Morgan fingerprint density at radius 1 is 1.20 bits per heavy atom. The van der Waals surface area contributed by atoms with Crippen LogP contribution >= 0.6 is 0 Å². The van der Waals surface area contributed by atoms with Crippen molar-refractivity contribution in [1.82, 2.24) is 4.57 Å². The van der Waals surface area contributed by atoms with Crippen LogP contribution in [0.2, 0.25) is 0 Å². The molecule has 0 fully saturated rings. The van der Waals surface area contributed by atoms with Crippen LogP contribution in [0, 0.1) is 6.92 Å². The summed E-state index contributed by atoms with van der Waals surface area (Å²) in [5.74, 6) is -0.426. The molecule has 0 aliphatic rings. The summed E-state index contributed by atoms with van der Waals surface area (Å²) in [7, 11) is 0. The number of ether oxygens (including phenoxy) is 1. The fourth-order valence-electron chi connectivity index (χ4n) is 3.20. The summed E-state index contributed by atoms with van der Waals surface area (Å²) in [5.41, 5.74) is 10.5. The predicted molar refractivity (Wildman–Crippen MR) is 98.1 cm³/mol. The SMILES string of the molecule is Cc1c(CCN)c2cc(OCC(=O)O)ccc2n1Cc1ccccc1. The minimum atomic E-state index is -0.986. The molecule has 0 amide bonds. The molecule has 0 bridgehead atoms. The van der Waals surface area contributed by atoms with E-state index in [4.69, 9.17) is 15.6 Å². The monoisotopic (exact) mass is 338 g/mol. The molecule has 3 rings (SSSR count). The lowest BCUT2D eigenvalue weighted by Gasteiger charge is -2.09. The van der Waals surface area contributed by atoms with Gasteiger partial charge in [-0.3, -0.25) is 0 Å². The maximum atomic E-state index is 10.7. The maximum absolute atomic E-state index is 10.7. The number of carboxylic acids is 1. The average Bonchev–Trinajstić information content (AvgIpc) is 2.86. The Balaban J connectivity index is 2.04. The van der Waals surface area contributed by atoms with Gasteiger partial charge in [0.1, 0.15) is 5.75 Å². The summed E-state index contributed by atoms with van der Waals surface area (Å²) < 4.78 is 7.61. The Hall–Kier alpha value is -2.79. The first-order valence-corrected chi connectivity index (χ1v) is 8.30. The predicted octanol–water partition coefficient (Wildman–Crippen LogP) is 2.96. The number of nitrogens with zero attached hydrogens (tertiary/aromatic N) is 1. The van der Waals surface area contributed by atoms with Gasteiger partial charge < -0.3 is 20.1 Å². The van der Waals surface area contributed by atoms with E-state index in [1.807, 2.05) is 36.4 Å². The molecular weight excluding hydrogens is 316 g/mol. The van der Waals surface area contributed by atoms with Crippen molar-refractivity contribution >= 4 is 16.9 Å². The largest absolute Gasteiger partial charge is 0.482 e. The summed E-state index contributed by atoms with van der Waals surface area (Å²) in [6.45, 7) is 3.10. The summed E-state index contributed by atoms with van der Waals surface area (Å²) in [4.78, 5) is 10.7. The van der Waals surface area contributed by atoms with Gasteiger partial charge in [-0.15, -0.1) is 0 Å². The molecule has 1 heterocycles. The van der Waals surface area contributed by atoms with Crippen molar-refractivity contribution in [2.24, 2.45) is 5.73 Å². The highest BCUT2D eigenvalue weighted by molar-refractivity contribution is 5.87. The van der Waals surface area contributed by atoms with E-state index in [-0.39, 0.29) is 6.61 Å². The molecule has 0 saturated carbocycles. The Labute approximate surface area is 146 Å². The standard InChI is InChI=1S/C20H22N2O3/c1-14-17(9-10-21)18-11-16(25-13-20(23)24)7-8-19(18)22(14)12-15-5-3-2-4-6-15/h2-8,11H,9-10,12-13,21H2,1H3,(H,23,24). The first-order chi connectivity index (χ1) is 12.1. The third kappa shape index (κ3) is 3.67. The molecule has 130 valence electrons. The first kappa shape index (κ1) is 17.0. The van der Waals surface area contributed by atoms with Gasteiger partial charge >= 0.3 is 5.97 Å². The van der Waals surface area contributed by atoms with Crippen molar-refractivity contribution in [3.05, 3.63) is 65.4 Å². The Kier molecular flexibility index (Phi) is 5.05. The van der Waals surface area contributed by atoms with Crippen LogP contribution in [0.4, 0.5) is 0 Å². The summed E-state index contributed by atoms with van der Waals surface area (Å²) in [6, 6.07) is 16.0. The van der Waals surface area contributed by atoms with Crippen molar-refractivity contribution in [3.63, 3.8) is 0 Å². The summed E-state index contributed by atoms with van der Waals surface area (Å²) in [6.07, 6.45) is 0.770. The molecule has 0 radical (unpaired) electrons. The molecule has 2 aromatic carbocycles. The fourth-order valence-corrected chi connectivity index (χ4v) is 3.20. The van der Waals surface area contributed by atoms with Gasteiger partial charge in [0.15, 0.2) is 6.61 Å².